The molecule has 0 unspecified atom stereocenters. The molecular formula is C12H19ClO3Si. The van der Waals surface area contributed by atoms with E-state index in [4.69, 9.17) is 24.9 Å². The SMILES string of the molecule is CC[Si](OC)(OC)OCc1ccccc1CCl. The summed E-state index contributed by atoms with van der Waals surface area (Å²) in [6.45, 7) is 2.48. The lowest BCUT2D eigenvalue weighted by Crippen LogP contribution is -2.42. The molecule has 0 aliphatic carbocycles. The van der Waals surface area contributed by atoms with Gasteiger partial charge in [0.2, 0.25) is 0 Å². The van der Waals surface area contributed by atoms with E-state index < -0.39 is 8.80 Å². The minimum absolute atomic E-state index is 0.477. The van der Waals surface area contributed by atoms with Crippen molar-refractivity contribution in [3.63, 3.8) is 0 Å². The molecule has 0 fully saturated rings. The molecule has 1 aromatic carbocycles. The smallest absolute Gasteiger partial charge is 0.377 e. The van der Waals surface area contributed by atoms with Crippen molar-refractivity contribution in [3.05, 3.63) is 35.4 Å². The Morgan fingerprint density at radius 3 is 2.18 bits per heavy atom. The van der Waals surface area contributed by atoms with Gasteiger partial charge in [-0.2, -0.15) is 0 Å². The molecule has 0 heterocycles. The summed E-state index contributed by atoms with van der Waals surface area (Å²) in [5.41, 5.74) is 2.17. The first-order valence-electron chi connectivity index (χ1n) is 5.58. The van der Waals surface area contributed by atoms with Gasteiger partial charge < -0.3 is 13.3 Å². The van der Waals surface area contributed by atoms with Crippen molar-refractivity contribution in [1.29, 1.82) is 0 Å². The molecule has 1 rings (SSSR count). The van der Waals surface area contributed by atoms with Gasteiger partial charge in [-0.05, 0) is 11.1 Å². The third-order valence-corrected chi connectivity index (χ3v) is 5.75. The molecule has 0 amide bonds. The van der Waals surface area contributed by atoms with E-state index in [-0.39, 0.29) is 0 Å². The molecule has 0 aliphatic rings. The Hall–Kier alpha value is -0.393. The normalized spacial score (nSPS) is 11.8. The average Bonchev–Trinajstić information content (AvgIpc) is 2.41. The summed E-state index contributed by atoms with van der Waals surface area (Å²) in [6.07, 6.45) is 0. The number of halogens is 1. The maximum absolute atomic E-state index is 5.88. The van der Waals surface area contributed by atoms with Crippen molar-refractivity contribution in [3.8, 4) is 0 Å². The van der Waals surface area contributed by atoms with E-state index in [9.17, 15) is 0 Å². The lowest BCUT2D eigenvalue weighted by Gasteiger charge is -2.25. The molecule has 0 atom stereocenters. The molecule has 1 aromatic rings. The van der Waals surface area contributed by atoms with Crippen LogP contribution in [0.2, 0.25) is 6.04 Å². The van der Waals surface area contributed by atoms with Crippen LogP contribution in [-0.2, 0) is 25.8 Å². The van der Waals surface area contributed by atoms with Crippen LogP contribution in [0.1, 0.15) is 18.1 Å². The van der Waals surface area contributed by atoms with Crippen molar-refractivity contribution >= 4 is 20.4 Å². The second-order valence-electron chi connectivity index (χ2n) is 3.64. The largest absolute Gasteiger partial charge is 0.500 e. The molecule has 0 radical (unpaired) electrons. The lowest BCUT2D eigenvalue weighted by atomic mass is 10.1. The second kappa shape index (κ2) is 7.13. The fourth-order valence-corrected chi connectivity index (χ4v) is 3.43. The van der Waals surface area contributed by atoms with Crippen LogP contribution in [0, 0.1) is 0 Å². The first kappa shape index (κ1) is 14.7. The van der Waals surface area contributed by atoms with Crippen LogP contribution in [0.3, 0.4) is 0 Å². The van der Waals surface area contributed by atoms with Crippen LogP contribution in [0.15, 0.2) is 24.3 Å². The van der Waals surface area contributed by atoms with Gasteiger partial charge in [0.15, 0.2) is 0 Å². The molecule has 3 nitrogen and oxygen atoms in total. The maximum Gasteiger partial charge on any atom is 0.500 e. The molecular weight excluding hydrogens is 256 g/mol. The van der Waals surface area contributed by atoms with Gasteiger partial charge in [0, 0.05) is 26.1 Å². The standard InChI is InChI=1S/C12H19ClO3Si/c1-4-17(14-2,15-3)16-10-12-8-6-5-7-11(12)9-13/h5-8H,4,9-10H2,1-3H3. The molecule has 17 heavy (non-hydrogen) atoms. The van der Waals surface area contributed by atoms with Gasteiger partial charge in [-0.3, -0.25) is 0 Å². The van der Waals surface area contributed by atoms with E-state index in [0.29, 0.717) is 12.5 Å². The molecule has 0 bridgehead atoms. The first-order valence-corrected chi connectivity index (χ1v) is 8.05. The third kappa shape index (κ3) is 3.79. The van der Waals surface area contributed by atoms with Crippen LogP contribution in [0.25, 0.3) is 0 Å². The van der Waals surface area contributed by atoms with E-state index >= 15 is 0 Å². The fraction of sp³-hybridized carbons (Fsp3) is 0.500. The maximum atomic E-state index is 5.88. The van der Waals surface area contributed by atoms with Crippen molar-refractivity contribution in [1.82, 2.24) is 0 Å². The summed E-state index contributed by atoms with van der Waals surface area (Å²) < 4.78 is 16.6. The van der Waals surface area contributed by atoms with E-state index in [1.165, 1.54) is 0 Å². The Kier molecular flexibility index (Phi) is 6.15. The van der Waals surface area contributed by atoms with E-state index in [2.05, 4.69) is 0 Å². The highest BCUT2D eigenvalue weighted by atomic mass is 35.5. The highest BCUT2D eigenvalue weighted by Crippen LogP contribution is 2.18. The van der Waals surface area contributed by atoms with E-state index in [1.807, 2.05) is 31.2 Å². The summed E-state index contributed by atoms with van der Waals surface area (Å²) in [5, 5.41) is 0. The molecule has 0 saturated carbocycles. The molecule has 96 valence electrons. The van der Waals surface area contributed by atoms with Crippen molar-refractivity contribution in [2.24, 2.45) is 0 Å². The van der Waals surface area contributed by atoms with Gasteiger partial charge in [-0.25, -0.2) is 0 Å². The van der Waals surface area contributed by atoms with Gasteiger partial charge in [-0.1, -0.05) is 31.2 Å². The van der Waals surface area contributed by atoms with Crippen LogP contribution in [0.5, 0.6) is 0 Å². The van der Waals surface area contributed by atoms with Crippen molar-refractivity contribution in [2.45, 2.75) is 25.5 Å². The monoisotopic (exact) mass is 274 g/mol. The Morgan fingerprint density at radius 1 is 1.12 bits per heavy atom. The Labute approximate surface area is 109 Å². The predicted octanol–water partition coefficient (Wildman–Crippen LogP) is 3.19. The van der Waals surface area contributed by atoms with Crippen LogP contribution >= 0.6 is 11.6 Å². The second-order valence-corrected chi connectivity index (χ2v) is 7.08. The zero-order valence-corrected chi connectivity index (χ0v) is 12.3. The first-order chi connectivity index (χ1) is 8.21. The van der Waals surface area contributed by atoms with Gasteiger partial charge in [-0.15, -0.1) is 11.6 Å². The van der Waals surface area contributed by atoms with Gasteiger partial charge in [0.25, 0.3) is 0 Å². The average molecular weight is 275 g/mol. The minimum Gasteiger partial charge on any atom is -0.377 e. The molecule has 5 heteroatoms. The quantitative estimate of drug-likeness (QED) is 0.565. The molecule has 0 spiro atoms. The third-order valence-electron chi connectivity index (χ3n) is 2.76. The summed E-state index contributed by atoms with van der Waals surface area (Å²) >= 11 is 5.88. The molecule has 0 aromatic heterocycles. The Morgan fingerprint density at radius 2 is 1.71 bits per heavy atom. The van der Waals surface area contributed by atoms with E-state index in [0.717, 1.165) is 17.2 Å². The van der Waals surface area contributed by atoms with Crippen LogP contribution in [0.4, 0.5) is 0 Å². The predicted molar refractivity (Wildman–Crippen MR) is 71.0 cm³/mol. The fourth-order valence-electron chi connectivity index (χ4n) is 1.61. The Bertz CT molecular complexity index is 334. The van der Waals surface area contributed by atoms with Crippen LogP contribution < -0.4 is 0 Å². The van der Waals surface area contributed by atoms with Gasteiger partial charge in [0.05, 0.1) is 6.61 Å². The zero-order valence-electron chi connectivity index (χ0n) is 10.5. The molecule has 0 N–H and O–H groups in total. The number of benzene rings is 1. The van der Waals surface area contributed by atoms with Crippen LogP contribution in [-0.4, -0.2) is 23.0 Å². The minimum atomic E-state index is -2.48. The highest BCUT2D eigenvalue weighted by Gasteiger charge is 2.36. The summed E-state index contributed by atoms with van der Waals surface area (Å²) in [7, 11) is 0.784. The van der Waals surface area contributed by atoms with E-state index in [1.54, 1.807) is 14.2 Å². The summed E-state index contributed by atoms with van der Waals surface area (Å²) in [4.78, 5) is 0. The Balaban J connectivity index is 2.71. The number of hydrogen-bond acceptors (Lipinski definition) is 3. The summed E-state index contributed by atoms with van der Waals surface area (Å²) in [5.74, 6) is 0.486. The lowest BCUT2D eigenvalue weighted by molar-refractivity contribution is 0.0925. The number of rotatable bonds is 7. The van der Waals surface area contributed by atoms with Crippen molar-refractivity contribution in [2.75, 3.05) is 14.2 Å². The van der Waals surface area contributed by atoms with Gasteiger partial charge in [0.1, 0.15) is 0 Å². The zero-order chi connectivity index (χ0) is 12.7. The van der Waals surface area contributed by atoms with Gasteiger partial charge >= 0.3 is 8.80 Å². The number of alkyl halides is 1. The van der Waals surface area contributed by atoms with Crippen molar-refractivity contribution < 1.29 is 13.3 Å². The molecule has 0 aliphatic heterocycles. The number of hydrogen-bond donors (Lipinski definition) is 0. The molecule has 0 saturated heterocycles. The highest BCUT2D eigenvalue weighted by molar-refractivity contribution is 6.60. The topological polar surface area (TPSA) is 27.7 Å². The summed E-state index contributed by atoms with van der Waals surface area (Å²) in [6, 6.07) is 8.71.